The topological polar surface area (TPSA) is 69.1 Å². The Bertz CT molecular complexity index is 749. The maximum Gasteiger partial charge on any atom is 0.284 e. The van der Waals surface area contributed by atoms with Crippen molar-refractivity contribution in [3.8, 4) is 0 Å². The van der Waals surface area contributed by atoms with Crippen LogP contribution in [0, 0.1) is 0 Å². The zero-order valence-electron chi connectivity index (χ0n) is 8.61. The monoisotopic (exact) mass is 290 g/mol. The predicted molar refractivity (Wildman–Crippen MR) is 67.7 cm³/mol. The Labute approximate surface area is 105 Å². The number of amides is 1. The van der Waals surface area contributed by atoms with Gasteiger partial charge in [-0.25, -0.2) is 0 Å². The molecule has 0 unspecified atom stereocenters. The smallest absolute Gasteiger partial charge is 0.284 e. The van der Waals surface area contributed by atoms with Gasteiger partial charge in [-0.3, -0.25) is 9.78 Å². The van der Waals surface area contributed by atoms with Crippen LogP contribution in [0.2, 0.25) is 0 Å². The van der Waals surface area contributed by atoms with E-state index < -0.39 is 5.91 Å². The molecule has 1 amide bonds. The van der Waals surface area contributed by atoms with E-state index in [0.29, 0.717) is 5.58 Å². The molecule has 2 aromatic heterocycles. The molecular formula is C12H7BrN2O2. The fraction of sp³-hybridized carbons (Fsp3) is 0. The highest BCUT2D eigenvalue weighted by molar-refractivity contribution is 9.10. The second kappa shape index (κ2) is 3.56. The van der Waals surface area contributed by atoms with E-state index in [2.05, 4.69) is 20.9 Å². The van der Waals surface area contributed by atoms with E-state index in [1.807, 2.05) is 18.2 Å². The zero-order valence-corrected chi connectivity index (χ0v) is 10.2. The molecule has 4 nitrogen and oxygen atoms in total. The third-order valence-electron chi connectivity index (χ3n) is 2.57. The van der Waals surface area contributed by atoms with Crippen LogP contribution >= 0.6 is 15.9 Å². The maximum atomic E-state index is 11.1. The molecule has 0 saturated heterocycles. The van der Waals surface area contributed by atoms with Crippen LogP contribution < -0.4 is 5.73 Å². The number of primary amides is 1. The summed E-state index contributed by atoms with van der Waals surface area (Å²) in [5.41, 5.74) is 6.59. The van der Waals surface area contributed by atoms with Gasteiger partial charge in [-0.05, 0) is 18.2 Å². The first kappa shape index (κ1) is 10.3. The number of aromatic nitrogens is 1. The fourth-order valence-corrected chi connectivity index (χ4v) is 2.15. The van der Waals surface area contributed by atoms with Crippen molar-refractivity contribution in [1.82, 2.24) is 4.98 Å². The van der Waals surface area contributed by atoms with Crippen LogP contribution in [-0.2, 0) is 0 Å². The summed E-state index contributed by atoms with van der Waals surface area (Å²) in [5.74, 6) is -0.427. The summed E-state index contributed by atoms with van der Waals surface area (Å²) >= 11 is 3.39. The lowest BCUT2D eigenvalue weighted by atomic mass is 10.1. The zero-order chi connectivity index (χ0) is 12.0. The van der Waals surface area contributed by atoms with Crippen LogP contribution in [0.1, 0.15) is 10.6 Å². The number of carbonyl (C=O) groups excluding carboxylic acids is 1. The molecule has 5 heteroatoms. The van der Waals surface area contributed by atoms with E-state index in [1.165, 1.54) is 0 Å². The summed E-state index contributed by atoms with van der Waals surface area (Å²) in [6.07, 6.45) is 1.59. The largest absolute Gasteiger partial charge is 0.449 e. The Balaban J connectivity index is 2.42. The van der Waals surface area contributed by atoms with Crippen molar-refractivity contribution >= 4 is 43.7 Å². The third-order valence-corrected chi connectivity index (χ3v) is 3.07. The Hall–Kier alpha value is -1.88. The Morgan fingerprint density at radius 2 is 2.12 bits per heavy atom. The quantitative estimate of drug-likeness (QED) is 0.749. The molecule has 0 spiro atoms. The molecule has 0 radical (unpaired) electrons. The summed E-state index contributed by atoms with van der Waals surface area (Å²) in [6.45, 7) is 0. The minimum atomic E-state index is -0.577. The number of nitrogens with two attached hydrogens (primary N) is 1. The first-order valence-corrected chi connectivity index (χ1v) is 5.72. The molecular weight excluding hydrogens is 284 g/mol. The van der Waals surface area contributed by atoms with E-state index in [1.54, 1.807) is 12.3 Å². The lowest BCUT2D eigenvalue weighted by Gasteiger charge is -1.98. The lowest BCUT2D eigenvalue weighted by Crippen LogP contribution is -2.08. The highest BCUT2D eigenvalue weighted by Gasteiger charge is 2.11. The minimum Gasteiger partial charge on any atom is -0.449 e. The van der Waals surface area contributed by atoms with Gasteiger partial charge in [0.1, 0.15) is 0 Å². The number of hydrogen-bond acceptors (Lipinski definition) is 3. The van der Waals surface area contributed by atoms with Crippen molar-refractivity contribution in [3.63, 3.8) is 0 Å². The van der Waals surface area contributed by atoms with Crippen molar-refractivity contribution in [1.29, 1.82) is 0 Å². The number of fused-ring (bicyclic) bond motifs is 3. The number of carbonyl (C=O) groups is 1. The summed E-state index contributed by atoms with van der Waals surface area (Å²) in [6, 6.07) is 7.40. The van der Waals surface area contributed by atoms with E-state index in [-0.39, 0.29) is 5.76 Å². The van der Waals surface area contributed by atoms with Crippen LogP contribution in [0.5, 0.6) is 0 Å². The van der Waals surface area contributed by atoms with Crippen molar-refractivity contribution < 1.29 is 9.21 Å². The molecule has 0 fully saturated rings. The molecule has 84 valence electrons. The van der Waals surface area contributed by atoms with Gasteiger partial charge in [0.15, 0.2) is 11.3 Å². The second-order valence-corrected chi connectivity index (χ2v) is 4.59. The maximum absolute atomic E-state index is 11.1. The molecule has 0 aliphatic heterocycles. The van der Waals surface area contributed by atoms with Gasteiger partial charge in [-0.15, -0.1) is 0 Å². The number of benzene rings is 1. The van der Waals surface area contributed by atoms with Crippen molar-refractivity contribution in [2.75, 3.05) is 0 Å². The Morgan fingerprint density at radius 3 is 2.88 bits per heavy atom. The van der Waals surface area contributed by atoms with Gasteiger partial charge >= 0.3 is 0 Å². The molecule has 3 aromatic rings. The summed E-state index contributed by atoms with van der Waals surface area (Å²) in [5, 5.41) is 1.78. The van der Waals surface area contributed by atoms with E-state index in [0.717, 1.165) is 20.8 Å². The molecule has 1 aromatic carbocycles. The Kier molecular flexibility index (Phi) is 2.16. The van der Waals surface area contributed by atoms with Gasteiger partial charge in [0.05, 0.1) is 11.7 Å². The predicted octanol–water partition coefficient (Wildman–Crippen LogP) is 2.84. The highest BCUT2D eigenvalue weighted by Crippen LogP contribution is 2.28. The van der Waals surface area contributed by atoms with Crippen LogP contribution in [0.4, 0.5) is 0 Å². The summed E-state index contributed by atoms with van der Waals surface area (Å²) in [7, 11) is 0. The SMILES string of the molecule is NC(=O)c1cc2c(cnc3cc(Br)ccc32)o1. The van der Waals surface area contributed by atoms with Gasteiger partial charge in [-0.1, -0.05) is 22.0 Å². The molecule has 0 aliphatic rings. The van der Waals surface area contributed by atoms with Crippen molar-refractivity contribution in [2.45, 2.75) is 0 Å². The van der Waals surface area contributed by atoms with Crippen LogP contribution in [0.3, 0.4) is 0 Å². The first-order valence-electron chi connectivity index (χ1n) is 4.93. The standard InChI is InChI=1S/C12H7BrN2O2/c13-6-1-2-7-8-4-10(12(14)16)17-11(8)5-15-9(7)3-6/h1-5H,(H2,14,16). The van der Waals surface area contributed by atoms with Gasteiger partial charge < -0.3 is 10.2 Å². The molecule has 0 aliphatic carbocycles. The van der Waals surface area contributed by atoms with Crippen molar-refractivity contribution in [2.24, 2.45) is 5.73 Å². The molecule has 0 saturated carbocycles. The molecule has 0 atom stereocenters. The first-order chi connectivity index (χ1) is 8.15. The number of nitrogens with zero attached hydrogens (tertiary/aromatic N) is 1. The summed E-state index contributed by atoms with van der Waals surface area (Å²) in [4.78, 5) is 15.3. The molecule has 2 heterocycles. The van der Waals surface area contributed by atoms with Crippen LogP contribution in [-0.4, -0.2) is 10.9 Å². The highest BCUT2D eigenvalue weighted by atomic mass is 79.9. The average Bonchev–Trinajstić information content (AvgIpc) is 2.72. The van der Waals surface area contributed by atoms with Crippen LogP contribution in [0.15, 0.2) is 39.4 Å². The number of pyridine rings is 1. The van der Waals surface area contributed by atoms with E-state index in [9.17, 15) is 4.79 Å². The number of furan rings is 1. The van der Waals surface area contributed by atoms with Gasteiger partial charge in [-0.2, -0.15) is 0 Å². The van der Waals surface area contributed by atoms with E-state index >= 15 is 0 Å². The van der Waals surface area contributed by atoms with Gasteiger partial charge in [0.25, 0.3) is 5.91 Å². The lowest BCUT2D eigenvalue weighted by molar-refractivity contribution is 0.0976. The Morgan fingerprint density at radius 1 is 1.29 bits per heavy atom. The van der Waals surface area contributed by atoms with Gasteiger partial charge in [0, 0.05) is 15.2 Å². The van der Waals surface area contributed by atoms with E-state index in [4.69, 9.17) is 10.2 Å². The number of hydrogen-bond donors (Lipinski definition) is 1. The number of halogens is 1. The number of rotatable bonds is 1. The normalized spacial score (nSPS) is 11.1. The molecule has 0 bridgehead atoms. The third kappa shape index (κ3) is 1.59. The molecule has 17 heavy (non-hydrogen) atoms. The van der Waals surface area contributed by atoms with Crippen LogP contribution in [0.25, 0.3) is 21.9 Å². The molecule has 3 rings (SSSR count). The average molecular weight is 291 g/mol. The minimum absolute atomic E-state index is 0.150. The fourth-order valence-electron chi connectivity index (χ4n) is 1.80. The van der Waals surface area contributed by atoms with Crippen molar-refractivity contribution in [3.05, 3.63) is 40.7 Å². The second-order valence-electron chi connectivity index (χ2n) is 3.67. The molecule has 2 N–H and O–H groups in total. The van der Waals surface area contributed by atoms with Gasteiger partial charge in [0.2, 0.25) is 0 Å². The summed E-state index contributed by atoms with van der Waals surface area (Å²) < 4.78 is 6.27.